The third kappa shape index (κ3) is 5.89. The fraction of sp³-hybridized carbons (Fsp3) is 0.375. The van der Waals surface area contributed by atoms with Gasteiger partial charge in [0.15, 0.2) is 0 Å². The average Bonchev–Trinajstić information content (AvgIpc) is 2.55. The van der Waals surface area contributed by atoms with E-state index in [2.05, 4.69) is 9.97 Å². The summed E-state index contributed by atoms with van der Waals surface area (Å²) < 4.78 is 0. The topological polar surface area (TPSA) is 25.8 Å². The van der Waals surface area contributed by atoms with E-state index in [1.165, 1.54) is 0 Å². The van der Waals surface area contributed by atoms with Crippen LogP contribution < -0.4 is 0 Å². The van der Waals surface area contributed by atoms with Crippen LogP contribution in [0.1, 0.15) is 48.8 Å². The Morgan fingerprint density at radius 2 is 1.20 bits per heavy atom. The largest absolute Gasteiger partial charge is 0.260 e. The van der Waals surface area contributed by atoms with Crippen molar-refractivity contribution in [3.63, 3.8) is 0 Å². The van der Waals surface area contributed by atoms with Gasteiger partial charge in [0.05, 0.1) is 22.1 Å². The normalized spacial score (nSPS) is 13.0. The van der Waals surface area contributed by atoms with Crippen molar-refractivity contribution >= 4 is 23.2 Å². The van der Waals surface area contributed by atoms with Crippen LogP contribution >= 0.6 is 23.2 Å². The molecule has 20 heavy (non-hydrogen) atoms. The molecule has 0 aromatic carbocycles. The van der Waals surface area contributed by atoms with E-state index in [0.29, 0.717) is 0 Å². The van der Waals surface area contributed by atoms with E-state index in [-0.39, 0.29) is 10.8 Å². The van der Waals surface area contributed by atoms with Crippen LogP contribution in [-0.2, 0) is 0 Å². The lowest BCUT2D eigenvalue weighted by atomic mass is 10.2. The first-order chi connectivity index (χ1) is 9.69. The Balaban J connectivity index is 0.000000200. The van der Waals surface area contributed by atoms with Crippen LogP contribution in [0, 0.1) is 0 Å². The lowest BCUT2D eigenvalue weighted by Gasteiger charge is -2.02. The van der Waals surface area contributed by atoms with Crippen molar-refractivity contribution in [3.8, 4) is 0 Å². The van der Waals surface area contributed by atoms with E-state index in [0.717, 1.165) is 24.2 Å². The number of hydrogen-bond acceptors (Lipinski definition) is 2. The summed E-state index contributed by atoms with van der Waals surface area (Å²) in [5, 5.41) is 0.141. The Kier molecular flexibility index (Phi) is 8.24. The quantitative estimate of drug-likeness (QED) is 0.692. The monoisotopic (exact) mass is 310 g/mol. The predicted octanol–water partition coefficient (Wildman–Crippen LogP) is 5.54. The molecule has 2 aromatic rings. The number of rotatable bonds is 4. The van der Waals surface area contributed by atoms with Crippen molar-refractivity contribution < 1.29 is 0 Å². The summed E-state index contributed by atoms with van der Waals surface area (Å²) in [7, 11) is 0. The molecule has 0 aliphatic carbocycles. The van der Waals surface area contributed by atoms with Gasteiger partial charge in [-0.3, -0.25) is 9.97 Å². The maximum Gasteiger partial charge on any atom is 0.0754 e. The number of aromatic nitrogens is 2. The summed E-state index contributed by atoms with van der Waals surface area (Å²) in [4.78, 5) is 8.24. The lowest BCUT2D eigenvalue weighted by molar-refractivity contribution is 0.847. The summed E-state index contributed by atoms with van der Waals surface area (Å²) in [5.41, 5.74) is 1.93. The highest BCUT2D eigenvalue weighted by Crippen LogP contribution is 2.21. The van der Waals surface area contributed by atoms with Gasteiger partial charge in [0.1, 0.15) is 0 Å². The smallest absolute Gasteiger partial charge is 0.0754 e. The molecule has 2 heterocycles. The van der Waals surface area contributed by atoms with Crippen molar-refractivity contribution in [1.82, 2.24) is 9.97 Å². The number of halogens is 2. The van der Waals surface area contributed by atoms with Gasteiger partial charge < -0.3 is 0 Å². The van der Waals surface area contributed by atoms with Gasteiger partial charge in [-0.2, -0.15) is 0 Å². The summed E-state index contributed by atoms with van der Waals surface area (Å²) >= 11 is 11.9. The van der Waals surface area contributed by atoms with E-state index in [4.69, 9.17) is 23.2 Å². The van der Waals surface area contributed by atoms with Gasteiger partial charge in [-0.05, 0) is 37.1 Å². The van der Waals surface area contributed by atoms with Crippen molar-refractivity contribution in [2.24, 2.45) is 0 Å². The minimum Gasteiger partial charge on any atom is -0.260 e. The van der Waals surface area contributed by atoms with Crippen LogP contribution in [0.3, 0.4) is 0 Å². The van der Waals surface area contributed by atoms with Gasteiger partial charge >= 0.3 is 0 Å². The molecule has 0 aliphatic rings. The zero-order chi connectivity index (χ0) is 14.8. The molecule has 0 aliphatic heterocycles. The van der Waals surface area contributed by atoms with Crippen molar-refractivity contribution in [1.29, 1.82) is 0 Å². The second-order valence-electron chi connectivity index (χ2n) is 4.26. The van der Waals surface area contributed by atoms with Crippen molar-refractivity contribution in [2.75, 3.05) is 0 Å². The van der Waals surface area contributed by atoms with Gasteiger partial charge in [-0.15, -0.1) is 23.2 Å². The van der Waals surface area contributed by atoms with Gasteiger partial charge in [0.25, 0.3) is 0 Å². The van der Waals surface area contributed by atoms with Crippen molar-refractivity contribution in [2.45, 2.75) is 37.4 Å². The second-order valence-corrected chi connectivity index (χ2v) is 5.31. The number of alkyl halides is 2. The minimum absolute atomic E-state index is 0.0706. The first-order valence-corrected chi connectivity index (χ1v) is 7.66. The summed E-state index contributed by atoms with van der Waals surface area (Å²) in [6, 6.07) is 11.6. The Morgan fingerprint density at radius 1 is 0.800 bits per heavy atom. The molecule has 108 valence electrons. The Hall–Kier alpha value is -1.12. The zero-order valence-electron chi connectivity index (χ0n) is 11.8. The van der Waals surface area contributed by atoms with Crippen LogP contribution in [0.4, 0.5) is 0 Å². The van der Waals surface area contributed by atoms with E-state index in [9.17, 15) is 0 Å². The molecule has 0 spiro atoms. The van der Waals surface area contributed by atoms with Gasteiger partial charge in [-0.1, -0.05) is 26.0 Å². The van der Waals surface area contributed by atoms with Crippen LogP contribution in [0.5, 0.6) is 0 Å². The third-order valence-corrected chi connectivity index (χ3v) is 3.80. The van der Waals surface area contributed by atoms with Crippen LogP contribution in [0.25, 0.3) is 0 Å². The van der Waals surface area contributed by atoms with E-state index in [1.807, 2.05) is 50.2 Å². The molecule has 0 radical (unpaired) electrons. The van der Waals surface area contributed by atoms with Crippen LogP contribution in [0.15, 0.2) is 48.8 Å². The van der Waals surface area contributed by atoms with Crippen LogP contribution in [0.2, 0.25) is 0 Å². The fourth-order valence-electron chi connectivity index (χ4n) is 1.54. The molecule has 2 atom stereocenters. The number of pyridine rings is 2. The molecule has 0 bridgehead atoms. The maximum atomic E-state index is 5.93. The molecule has 0 N–H and O–H groups in total. The molecule has 0 fully saturated rings. The SMILES string of the molecule is CCC(Cl)c1ccccn1.CCC(Cl)c1ccccn1. The summed E-state index contributed by atoms with van der Waals surface area (Å²) in [6.07, 6.45) is 5.39. The van der Waals surface area contributed by atoms with Crippen molar-refractivity contribution in [3.05, 3.63) is 60.2 Å². The van der Waals surface area contributed by atoms with E-state index in [1.54, 1.807) is 12.4 Å². The highest BCUT2D eigenvalue weighted by atomic mass is 35.5. The van der Waals surface area contributed by atoms with E-state index < -0.39 is 0 Å². The molecule has 0 saturated carbocycles. The zero-order valence-corrected chi connectivity index (χ0v) is 13.3. The molecule has 2 unspecified atom stereocenters. The summed E-state index contributed by atoms with van der Waals surface area (Å²) in [6.45, 7) is 4.10. The molecule has 2 nitrogen and oxygen atoms in total. The molecule has 4 heteroatoms. The Labute approximate surface area is 131 Å². The average molecular weight is 311 g/mol. The molecular weight excluding hydrogens is 291 g/mol. The second kappa shape index (κ2) is 9.73. The predicted molar refractivity (Wildman–Crippen MR) is 86.2 cm³/mol. The standard InChI is InChI=1S/2C8H10ClN/c2*1-2-7(9)8-5-3-4-6-10-8/h2*3-7H,2H2,1H3. The highest BCUT2D eigenvalue weighted by Gasteiger charge is 2.04. The Morgan fingerprint density at radius 3 is 1.45 bits per heavy atom. The third-order valence-electron chi connectivity index (χ3n) is 2.73. The van der Waals surface area contributed by atoms with E-state index >= 15 is 0 Å². The summed E-state index contributed by atoms with van der Waals surface area (Å²) in [5.74, 6) is 0. The fourth-order valence-corrected chi connectivity index (χ4v) is 1.80. The molecule has 2 aromatic heterocycles. The number of hydrogen-bond donors (Lipinski definition) is 0. The molecule has 0 saturated heterocycles. The first kappa shape index (κ1) is 16.9. The maximum absolute atomic E-state index is 5.93. The Bertz CT molecular complexity index is 417. The highest BCUT2D eigenvalue weighted by molar-refractivity contribution is 6.20. The lowest BCUT2D eigenvalue weighted by Crippen LogP contribution is -1.90. The number of nitrogens with zero attached hydrogens (tertiary/aromatic N) is 2. The van der Waals surface area contributed by atoms with Gasteiger partial charge in [0, 0.05) is 12.4 Å². The van der Waals surface area contributed by atoms with Crippen LogP contribution in [-0.4, -0.2) is 9.97 Å². The van der Waals surface area contributed by atoms with Gasteiger partial charge in [0.2, 0.25) is 0 Å². The molecular formula is C16H20Cl2N2. The minimum atomic E-state index is 0.0706. The molecule has 2 rings (SSSR count). The molecule has 0 amide bonds. The first-order valence-electron chi connectivity index (χ1n) is 6.79. The van der Waals surface area contributed by atoms with Gasteiger partial charge in [-0.25, -0.2) is 0 Å².